The van der Waals surface area contributed by atoms with Gasteiger partial charge in [-0.15, -0.1) is 0 Å². The van der Waals surface area contributed by atoms with Crippen LogP contribution in [0.5, 0.6) is 5.75 Å². The van der Waals surface area contributed by atoms with Gasteiger partial charge in [0, 0.05) is 24.0 Å². The summed E-state index contributed by atoms with van der Waals surface area (Å²) in [6.45, 7) is 2.81. The number of halogens is 1. The third-order valence-electron chi connectivity index (χ3n) is 6.64. The fraction of sp³-hybridized carbons (Fsp3) is 0.333. The lowest BCUT2D eigenvalue weighted by Gasteiger charge is -2.49. The monoisotopic (exact) mass is 421 g/mol. The Kier molecular flexibility index (Phi) is 4.50. The lowest BCUT2D eigenvalue weighted by atomic mass is 9.83. The van der Waals surface area contributed by atoms with Gasteiger partial charge in [-0.2, -0.15) is 0 Å². The minimum atomic E-state index is -1.07. The summed E-state index contributed by atoms with van der Waals surface area (Å²) in [6, 6.07) is 12.0. The quantitative estimate of drug-likeness (QED) is 0.704. The van der Waals surface area contributed by atoms with Gasteiger partial charge in [0.25, 0.3) is 5.91 Å². The van der Waals surface area contributed by atoms with Crippen LogP contribution in [0.1, 0.15) is 23.7 Å². The van der Waals surface area contributed by atoms with Crippen LogP contribution >= 0.6 is 0 Å². The number of piperazine rings is 1. The third-order valence-corrected chi connectivity index (χ3v) is 6.64. The van der Waals surface area contributed by atoms with E-state index in [-0.39, 0.29) is 24.2 Å². The Hall–Kier alpha value is -3.35. The van der Waals surface area contributed by atoms with E-state index in [1.165, 1.54) is 12.1 Å². The zero-order valence-corrected chi connectivity index (χ0v) is 17.6. The molecule has 0 spiro atoms. The number of nitrogens with zero attached hydrogens (tertiary/aromatic N) is 2. The number of aromatic amines is 1. The van der Waals surface area contributed by atoms with Crippen LogP contribution in [0.25, 0.3) is 10.9 Å². The van der Waals surface area contributed by atoms with Gasteiger partial charge in [-0.05, 0) is 61.2 Å². The molecule has 160 valence electrons. The van der Waals surface area contributed by atoms with E-state index in [1.54, 1.807) is 29.0 Å². The summed E-state index contributed by atoms with van der Waals surface area (Å²) in [4.78, 5) is 33.5. The van der Waals surface area contributed by atoms with Crippen molar-refractivity contribution in [1.82, 2.24) is 14.8 Å². The fourth-order valence-corrected chi connectivity index (χ4v) is 4.93. The maximum atomic E-state index is 13.7. The van der Waals surface area contributed by atoms with E-state index in [0.29, 0.717) is 25.9 Å². The van der Waals surface area contributed by atoms with E-state index < -0.39 is 5.54 Å². The standard InChI is InChI=1S/C24H24FN3O3/c1-24-22-18(19-13-17(31-2)7-8-20(19)26-22)10-12-28(24)21(29)14-27(23(24)30)11-9-15-3-5-16(25)6-4-15/h3-8,13,26H,9-12,14H2,1-2H3. The highest BCUT2D eigenvalue weighted by atomic mass is 19.1. The maximum Gasteiger partial charge on any atom is 0.254 e. The van der Waals surface area contributed by atoms with Crippen LogP contribution < -0.4 is 4.74 Å². The minimum Gasteiger partial charge on any atom is -0.497 e. The number of aromatic nitrogens is 1. The summed E-state index contributed by atoms with van der Waals surface area (Å²) < 4.78 is 18.6. The van der Waals surface area contributed by atoms with Crippen molar-refractivity contribution < 1.29 is 18.7 Å². The number of rotatable bonds is 4. The Balaban J connectivity index is 1.50. The van der Waals surface area contributed by atoms with E-state index in [4.69, 9.17) is 4.74 Å². The number of H-pyrrole nitrogens is 1. The lowest BCUT2D eigenvalue weighted by molar-refractivity contribution is -0.165. The third kappa shape index (κ3) is 2.99. The van der Waals surface area contributed by atoms with Crippen molar-refractivity contribution in [2.45, 2.75) is 25.3 Å². The van der Waals surface area contributed by atoms with E-state index >= 15 is 0 Å². The van der Waals surface area contributed by atoms with Gasteiger partial charge in [0.15, 0.2) is 5.54 Å². The highest BCUT2D eigenvalue weighted by molar-refractivity contribution is 6.00. The van der Waals surface area contributed by atoms with E-state index in [2.05, 4.69) is 4.98 Å². The molecule has 2 aliphatic heterocycles. The van der Waals surface area contributed by atoms with Crippen molar-refractivity contribution >= 4 is 22.7 Å². The first kappa shape index (κ1) is 19.6. The first-order chi connectivity index (χ1) is 14.9. The van der Waals surface area contributed by atoms with Crippen molar-refractivity contribution in [1.29, 1.82) is 0 Å². The molecule has 1 saturated heterocycles. The number of hydrogen-bond acceptors (Lipinski definition) is 3. The van der Waals surface area contributed by atoms with E-state index in [0.717, 1.165) is 33.5 Å². The first-order valence-electron chi connectivity index (χ1n) is 10.4. The van der Waals surface area contributed by atoms with Gasteiger partial charge in [-0.3, -0.25) is 9.59 Å². The molecule has 1 fully saturated rings. The Bertz CT molecular complexity index is 1190. The van der Waals surface area contributed by atoms with Gasteiger partial charge < -0.3 is 19.5 Å². The molecule has 2 amide bonds. The minimum absolute atomic E-state index is 0.0527. The predicted octanol–water partition coefficient (Wildman–Crippen LogP) is 3.00. The summed E-state index contributed by atoms with van der Waals surface area (Å²) in [5.41, 5.74) is 2.63. The summed E-state index contributed by atoms with van der Waals surface area (Å²) in [6.07, 6.45) is 1.25. The summed E-state index contributed by atoms with van der Waals surface area (Å²) >= 11 is 0. The molecule has 3 heterocycles. The molecule has 3 aromatic rings. The van der Waals surface area contributed by atoms with Crippen molar-refractivity contribution in [3.63, 3.8) is 0 Å². The Morgan fingerprint density at radius 1 is 1.16 bits per heavy atom. The highest BCUT2D eigenvalue weighted by Crippen LogP contribution is 2.42. The molecule has 5 rings (SSSR count). The number of carbonyl (C=O) groups excluding carboxylic acids is 2. The molecule has 1 N–H and O–H groups in total. The van der Waals surface area contributed by atoms with E-state index in [1.807, 2.05) is 25.1 Å². The van der Waals surface area contributed by atoms with Gasteiger partial charge in [0.1, 0.15) is 11.6 Å². The molecular formula is C24H24FN3O3. The average Bonchev–Trinajstić information content (AvgIpc) is 3.15. The topological polar surface area (TPSA) is 65.6 Å². The van der Waals surface area contributed by atoms with Crippen LogP contribution in [0.15, 0.2) is 42.5 Å². The molecule has 2 aliphatic rings. The number of benzene rings is 2. The molecule has 0 saturated carbocycles. The lowest BCUT2D eigenvalue weighted by Crippen LogP contribution is -2.67. The van der Waals surface area contributed by atoms with Crippen LogP contribution in [0, 0.1) is 5.82 Å². The Morgan fingerprint density at radius 2 is 1.94 bits per heavy atom. The molecule has 1 atom stereocenters. The van der Waals surface area contributed by atoms with Gasteiger partial charge in [0.05, 0.1) is 19.3 Å². The molecule has 31 heavy (non-hydrogen) atoms. The summed E-state index contributed by atoms with van der Waals surface area (Å²) in [5, 5.41) is 1.03. The van der Waals surface area contributed by atoms with E-state index in [9.17, 15) is 14.0 Å². The molecule has 1 aromatic heterocycles. The van der Waals surface area contributed by atoms with Crippen molar-refractivity contribution in [2.24, 2.45) is 0 Å². The van der Waals surface area contributed by atoms with Crippen molar-refractivity contribution in [3.05, 3.63) is 65.1 Å². The average molecular weight is 421 g/mol. The second-order valence-corrected chi connectivity index (χ2v) is 8.36. The smallest absolute Gasteiger partial charge is 0.254 e. The molecular weight excluding hydrogens is 397 g/mol. The number of nitrogens with one attached hydrogen (secondary N) is 1. The van der Waals surface area contributed by atoms with Crippen LogP contribution in [-0.2, 0) is 28.0 Å². The Morgan fingerprint density at radius 3 is 2.68 bits per heavy atom. The predicted molar refractivity (Wildman–Crippen MR) is 114 cm³/mol. The molecule has 0 aliphatic carbocycles. The summed E-state index contributed by atoms with van der Waals surface area (Å²) in [7, 11) is 1.63. The van der Waals surface area contributed by atoms with Crippen LogP contribution in [0.3, 0.4) is 0 Å². The van der Waals surface area contributed by atoms with Gasteiger partial charge >= 0.3 is 0 Å². The highest BCUT2D eigenvalue weighted by Gasteiger charge is 2.53. The first-order valence-corrected chi connectivity index (χ1v) is 10.4. The van der Waals surface area contributed by atoms with Crippen molar-refractivity contribution in [2.75, 3.05) is 26.7 Å². The number of carbonyl (C=O) groups is 2. The van der Waals surface area contributed by atoms with Gasteiger partial charge in [0.2, 0.25) is 5.91 Å². The van der Waals surface area contributed by atoms with Crippen LogP contribution in [0.4, 0.5) is 4.39 Å². The number of ether oxygens (including phenoxy) is 1. The zero-order chi connectivity index (χ0) is 21.8. The molecule has 1 unspecified atom stereocenters. The number of fused-ring (bicyclic) bond motifs is 5. The van der Waals surface area contributed by atoms with Crippen LogP contribution in [0.2, 0.25) is 0 Å². The Labute approximate surface area is 179 Å². The number of methoxy groups -OCH3 is 1. The number of hydrogen-bond donors (Lipinski definition) is 1. The SMILES string of the molecule is COc1ccc2[nH]c3c(c2c1)CCN1C(=O)CN(CCc2ccc(F)cc2)C(=O)C31C. The summed E-state index contributed by atoms with van der Waals surface area (Å²) in [5.74, 6) is 0.326. The molecule has 0 bridgehead atoms. The van der Waals surface area contributed by atoms with Crippen molar-refractivity contribution in [3.8, 4) is 5.75 Å². The second kappa shape index (κ2) is 7.11. The molecule has 2 aromatic carbocycles. The van der Waals surface area contributed by atoms with Gasteiger partial charge in [-0.1, -0.05) is 12.1 Å². The normalized spacial score (nSPS) is 20.7. The number of amides is 2. The maximum absolute atomic E-state index is 13.7. The zero-order valence-electron chi connectivity index (χ0n) is 17.6. The van der Waals surface area contributed by atoms with Gasteiger partial charge in [-0.25, -0.2) is 4.39 Å². The molecule has 0 radical (unpaired) electrons. The fourth-order valence-electron chi connectivity index (χ4n) is 4.93. The molecule has 7 heteroatoms. The van der Waals surface area contributed by atoms with Crippen LogP contribution in [-0.4, -0.2) is 53.3 Å². The molecule has 6 nitrogen and oxygen atoms in total. The second-order valence-electron chi connectivity index (χ2n) is 8.36. The largest absolute Gasteiger partial charge is 0.497 e.